The number of fused-ring (bicyclic) bond motifs is 1. The Labute approximate surface area is 135 Å². The van der Waals surface area contributed by atoms with Crippen LogP contribution in [0.1, 0.15) is 44.5 Å². The molecule has 6 nitrogen and oxygen atoms in total. The van der Waals surface area contributed by atoms with Gasteiger partial charge in [0.2, 0.25) is 0 Å². The molecule has 0 aromatic heterocycles. The molecule has 0 unspecified atom stereocenters. The van der Waals surface area contributed by atoms with E-state index in [1.807, 2.05) is 13.8 Å². The van der Waals surface area contributed by atoms with Crippen LogP contribution in [0.25, 0.3) is 0 Å². The van der Waals surface area contributed by atoms with Gasteiger partial charge in [-0.1, -0.05) is 13.8 Å². The Bertz CT molecular complexity index is 622. The molecule has 0 bridgehead atoms. The number of carbonyl (C=O) groups is 2. The van der Waals surface area contributed by atoms with Gasteiger partial charge in [0.25, 0.3) is 5.91 Å². The number of hydrogen-bond donors (Lipinski definition) is 2. The molecule has 6 heteroatoms. The van der Waals surface area contributed by atoms with E-state index < -0.39 is 5.60 Å². The van der Waals surface area contributed by atoms with Crippen molar-refractivity contribution in [3.63, 3.8) is 0 Å². The maximum Gasteiger partial charge on any atom is 0.257 e. The van der Waals surface area contributed by atoms with Gasteiger partial charge in [0, 0.05) is 18.7 Å². The number of rotatable bonds is 5. The molecule has 2 N–H and O–H groups in total. The molecule has 0 fully saturated rings. The predicted molar refractivity (Wildman–Crippen MR) is 85.1 cm³/mol. The van der Waals surface area contributed by atoms with E-state index in [9.17, 15) is 14.7 Å². The Morgan fingerprint density at radius 1 is 1.43 bits per heavy atom. The quantitative estimate of drug-likeness (QED) is 0.869. The van der Waals surface area contributed by atoms with Crippen molar-refractivity contribution < 1.29 is 24.2 Å². The number of phenolic OH excluding ortho intramolecular Hbond substituents is 1. The molecule has 0 aliphatic carbocycles. The minimum Gasteiger partial charge on any atom is -0.507 e. The molecule has 1 aromatic carbocycles. The Hall–Kier alpha value is -2.24. The first-order valence-electron chi connectivity index (χ1n) is 7.66. The number of ketones is 1. The van der Waals surface area contributed by atoms with Crippen molar-refractivity contribution >= 4 is 11.7 Å². The standard InChI is InChI=1S/C17H23NO5/c1-10(2)8-18-15(21)9-22-11-5-12(19)16-13(20)7-17(3,4)23-14(16)6-11/h5-6,10,19H,7-9H2,1-4H3,(H,18,21). The molecular weight excluding hydrogens is 298 g/mol. The highest BCUT2D eigenvalue weighted by Crippen LogP contribution is 2.40. The molecule has 0 radical (unpaired) electrons. The SMILES string of the molecule is CC(C)CNC(=O)COc1cc(O)c2c(c1)OC(C)(C)CC2=O. The van der Waals surface area contributed by atoms with Crippen LogP contribution in [-0.4, -0.2) is 35.5 Å². The van der Waals surface area contributed by atoms with E-state index in [1.165, 1.54) is 12.1 Å². The Kier molecular flexibility index (Phi) is 4.82. The molecule has 2 rings (SSSR count). The highest BCUT2D eigenvalue weighted by molar-refractivity contribution is 6.03. The molecule has 0 atom stereocenters. The summed E-state index contributed by atoms with van der Waals surface area (Å²) in [5.74, 6) is 0.312. The summed E-state index contributed by atoms with van der Waals surface area (Å²) in [5.41, 5.74) is -0.468. The van der Waals surface area contributed by atoms with Crippen molar-refractivity contribution in [2.45, 2.75) is 39.7 Å². The maximum atomic E-state index is 12.1. The lowest BCUT2D eigenvalue weighted by molar-refractivity contribution is -0.123. The lowest BCUT2D eigenvalue weighted by atomic mass is 9.92. The number of amides is 1. The molecule has 0 spiro atoms. The molecule has 126 valence electrons. The van der Waals surface area contributed by atoms with E-state index in [0.717, 1.165) is 0 Å². The molecular formula is C17H23NO5. The lowest BCUT2D eigenvalue weighted by Crippen LogP contribution is -2.36. The third-order valence-electron chi connectivity index (χ3n) is 3.38. The van der Waals surface area contributed by atoms with Gasteiger partial charge in [0.15, 0.2) is 12.4 Å². The smallest absolute Gasteiger partial charge is 0.257 e. The number of phenols is 1. The molecule has 1 aromatic rings. The highest BCUT2D eigenvalue weighted by atomic mass is 16.5. The highest BCUT2D eigenvalue weighted by Gasteiger charge is 2.34. The van der Waals surface area contributed by atoms with Crippen LogP contribution in [0, 0.1) is 5.92 Å². The van der Waals surface area contributed by atoms with E-state index >= 15 is 0 Å². The molecule has 1 aliphatic rings. The van der Waals surface area contributed by atoms with Gasteiger partial charge in [-0.2, -0.15) is 0 Å². The lowest BCUT2D eigenvalue weighted by Gasteiger charge is -2.32. The fourth-order valence-corrected chi connectivity index (χ4v) is 2.35. The summed E-state index contributed by atoms with van der Waals surface area (Å²) in [6, 6.07) is 2.86. The number of aromatic hydroxyl groups is 1. The van der Waals surface area contributed by atoms with E-state index in [0.29, 0.717) is 12.5 Å². The maximum absolute atomic E-state index is 12.1. The Balaban J connectivity index is 2.09. The fraction of sp³-hybridized carbons (Fsp3) is 0.529. The zero-order valence-corrected chi connectivity index (χ0v) is 13.9. The van der Waals surface area contributed by atoms with Crippen molar-refractivity contribution in [3.8, 4) is 17.2 Å². The third-order valence-corrected chi connectivity index (χ3v) is 3.38. The first kappa shape index (κ1) is 17.1. The van der Waals surface area contributed by atoms with Gasteiger partial charge >= 0.3 is 0 Å². The molecule has 23 heavy (non-hydrogen) atoms. The van der Waals surface area contributed by atoms with Crippen LogP contribution >= 0.6 is 0 Å². The summed E-state index contributed by atoms with van der Waals surface area (Å²) in [6.45, 7) is 8.01. The average Bonchev–Trinajstić information content (AvgIpc) is 2.40. The topological polar surface area (TPSA) is 84.9 Å². The predicted octanol–water partition coefficient (Wildman–Crippen LogP) is 2.29. The number of nitrogens with one attached hydrogen (secondary N) is 1. The van der Waals surface area contributed by atoms with Gasteiger partial charge in [-0.3, -0.25) is 9.59 Å². The summed E-state index contributed by atoms with van der Waals surface area (Å²) < 4.78 is 11.1. The van der Waals surface area contributed by atoms with E-state index in [4.69, 9.17) is 9.47 Å². The van der Waals surface area contributed by atoms with Crippen LogP contribution in [0.3, 0.4) is 0 Å². The largest absolute Gasteiger partial charge is 0.507 e. The Morgan fingerprint density at radius 3 is 2.78 bits per heavy atom. The summed E-state index contributed by atoms with van der Waals surface area (Å²) in [6.07, 6.45) is 0.200. The molecule has 1 aliphatic heterocycles. The van der Waals surface area contributed by atoms with Crippen molar-refractivity contribution in [1.29, 1.82) is 0 Å². The first-order chi connectivity index (χ1) is 10.7. The van der Waals surface area contributed by atoms with Crippen LogP contribution in [-0.2, 0) is 4.79 Å². The van der Waals surface area contributed by atoms with Gasteiger partial charge < -0.3 is 19.9 Å². The minimum absolute atomic E-state index is 0.164. The zero-order valence-electron chi connectivity index (χ0n) is 13.9. The third kappa shape index (κ3) is 4.37. The summed E-state index contributed by atoms with van der Waals surface area (Å²) >= 11 is 0. The van der Waals surface area contributed by atoms with Crippen LogP contribution < -0.4 is 14.8 Å². The van der Waals surface area contributed by atoms with Gasteiger partial charge in [-0.05, 0) is 19.8 Å². The summed E-state index contributed by atoms with van der Waals surface area (Å²) in [4.78, 5) is 23.8. The van der Waals surface area contributed by atoms with Crippen LogP contribution in [0.15, 0.2) is 12.1 Å². The number of carbonyl (C=O) groups excluding carboxylic acids is 2. The minimum atomic E-state index is -0.635. The average molecular weight is 321 g/mol. The molecule has 1 heterocycles. The van der Waals surface area contributed by atoms with Gasteiger partial charge in [0.05, 0.1) is 6.42 Å². The summed E-state index contributed by atoms with van der Waals surface area (Å²) in [7, 11) is 0. The number of ether oxygens (including phenoxy) is 2. The number of hydrogen-bond acceptors (Lipinski definition) is 5. The summed E-state index contributed by atoms with van der Waals surface area (Å²) in [5, 5.41) is 12.8. The van der Waals surface area contributed by atoms with E-state index in [-0.39, 0.29) is 47.5 Å². The fourth-order valence-electron chi connectivity index (χ4n) is 2.35. The van der Waals surface area contributed by atoms with E-state index in [2.05, 4.69) is 5.32 Å². The van der Waals surface area contributed by atoms with Gasteiger partial charge in [0.1, 0.15) is 28.4 Å². The van der Waals surface area contributed by atoms with Crippen LogP contribution in [0.4, 0.5) is 0 Å². The molecule has 0 saturated carbocycles. The van der Waals surface area contributed by atoms with Crippen molar-refractivity contribution in [1.82, 2.24) is 5.32 Å². The van der Waals surface area contributed by atoms with Gasteiger partial charge in [-0.25, -0.2) is 0 Å². The number of benzene rings is 1. The second kappa shape index (κ2) is 6.48. The van der Waals surface area contributed by atoms with Crippen molar-refractivity contribution in [3.05, 3.63) is 17.7 Å². The van der Waals surface area contributed by atoms with E-state index in [1.54, 1.807) is 13.8 Å². The van der Waals surface area contributed by atoms with Gasteiger partial charge in [-0.15, -0.1) is 0 Å². The van der Waals surface area contributed by atoms with Crippen molar-refractivity contribution in [2.24, 2.45) is 5.92 Å². The van der Waals surface area contributed by atoms with Crippen molar-refractivity contribution in [2.75, 3.05) is 13.2 Å². The second-order valence-corrected chi connectivity index (χ2v) is 6.76. The Morgan fingerprint density at radius 2 is 2.13 bits per heavy atom. The second-order valence-electron chi connectivity index (χ2n) is 6.76. The zero-order chi connectivity index (χ0) is 17.2. The normalized spacial score (nSPS) is 15.8. The molecule has 0 saturated heterocycles. The molecule has 1 amide bonds. The van der Waals surface area contributed by atoms with Crippen LogP contribution in [0.2, 0.25) is 0 Å². The number of Topliss-reactive ketones (excluding diaryl/α,β-unsaturated/α-hetero) is 1. The monoisotopic (exact) mass is 321 g/mol. The first-order valence-corrected chi connectivity index (χ1v) is 7.66. The van der Waals surface area contributed by atoms with Crippen LogP contribution in [0.5, 0.6) is 17.2 Å².